The molecule has 0 N–H and O–H groups in total. The summed E-state index contributed by atoms with van der Waals surface area (Å²) in [5.74, 6) is -52.6. The summed E-state index contributed by atoms with van der Waals surface area (Å²) in [6.45, 7) is 0. The first-order chi connectivity index (χ1) is 18.8. The van der Waals surface area contributed by atoms with Crippen LogP contribution in [0.1, 0.15) is 0 Å². The number of benzene rings is 2. The maximum Gasteiger partial charge on any atom is 0.460 e. The van der Waals surface area contributed by atoms with Gasteiger partial charge in [-0.1, -0.05) is 30.3 Å². The molecule has 0 aliphatic rings. The van der Waals surface area contributed by atoms with Gasteiger partial charge in [-0.3, -0.25) is 0 Å². The summed E-state index contributed by atoms with van der Waals surface area (Å²) in [7, 11) is -12.0. The summed E-state index contributed by atoms with van der Waals surface area (Å²) in [6, 6.07) is 9.34. The van der Waals surface area contributed by atoms with Crippen molar-refractivity contribution in [1.82, 2.24) is 0 Å². The minimum atomic E-state index is -8.93. The van der Waals surface area contributed by atoms with Crippen molar-refractivity contribution in [2.75, 3.05) is 12.5 Å². The zero-order valence-electron chi connectivity index (χ0n) is 20.4. The van der Waals surface area contributed by atoms with Crippen LogP contribution in [0.5, 0.6) is 5.75 Å². The largest absolute Gasteiger partial charge is 0.460 e. The van der Waals surface area contributed by atoms with Crippen molar-refractivity contribution in [3.05, 3.63) is 42.5 Å². The molecule has 0 spiro atoms. The molecule has 0 fully saturated rings. The molecule has 0 radical (unpaired) electrons. The molecule has 0 atom stereocenters. The van der Waals surface area contributed by atoms with E-state index in [2.05, 4.69) is 3.63 Å². The molecule has 23 heteroatoms. The van der Waals surface area contributed by atoms with Gasteiger partial charge in [0.25, 0.3) is 0 Å². The molecule has 0 saturated carbocycles. The highest BCUT2D eigenvalue weighted by Crippen LogP contribution is 2.65. The number of alkyl halides is 17. The summed E-state index contributed by atoms with van der Waals surface area (Å²) in [4.78, 5) is 0. The average Bonchev–Trinajstić information content (AvgIpc) is 2.81. The second-order valence-electron chi connectivity index (χ2n) is 8.72. The highest BCUT2D eigenvalue weighted by Gasteiger charge is 2.96. The standard InChI is InChI=1S/C20H13F17O4S2/c1-42(2,40-12-8-7-10-5-3-4-6-11(10)9-12)41-43(38,39)20(36,37)18(31,32)16(27,28)14(23,24)13(21,22)15(25,26)17(29,30)19(33,34)35/h3-9H,1-2H3. The Bertz CT molecular complexity index is 1450. The third-order valence-electron chi connectivity index (χ3n) is 5.28. The van der Waals surface area contributed by atoms with Crippen LogP contribution >= 0.6 is 10.6 Å². The molecular formula is C20H13F17O4S2. The molecule has 0 aliphatic carbocycles. The van der Waals surface area contributed by atoms with E-state index >= 15 is 0 Å². The quantitative estimate of drug-likeness (QED) is 0.221. The third-order valence-corrected chi connectivity index (χ3v) is 8.78. The molecule has 2 rings (SSSR count). The van der Waals surface area contributed by atoms with Gasteiger partial charge in [-0.2, -0.15) is 83.1 Å². The Morgan fingerprint density at radius 3 is 1.37 bits per heavy atom. The summed E-state index contributed by atoms with van der Waals surface area (Å²) >= 11 is 0. The van der Waals surface area contributed by atoms with Crippen LogP contribution in [-0.4, -0.2) is 67.9 Å². The Morgan fingerprint density at radius 1 is 0.535 bits per heavy atom. The van der Waals surface area contributed by atoms with Gasteiger partial charge >= 0.3 is 57.1 Å². The summed E-state index contributed by atoms with van der Waals surface area (Å²) in [5, 5.41) is -6.96. The lowest BCUT2D eigenvalue weighted by Gasteiger charge is -2.43. The number of fused-ring (bicyclic) bond motifs is 1. The maximum atomic E-state index is 14.3. The Kier molecular flexibility index (Phi) is 8.81. The Balaban J connectivity index is 2.52. The topological polar surface area (TPSA) is 52.6 Å². The van der Waals surface area contributed by atoms with Gasteiger partial charge in [0, 0.05) is 12.5 Å². The number of halogens is 17. The Morgan fingerprint density at radius 2 is 0.930 bits per heavy atom. The highest BCUT2D eigenvalue weighted by atomic mass is 32.3. The van der Waals surface area contributed by atoms with E-state index in [1.54, 1.807) is 6.07 Å². The molecular weight excluding hydrogens is 691 g/mol. The molecule has 2 aromatic carbocycles. The Hall–Kier alpha value is -2.43. The molecule has 43 heavy (non-hydrogen) atoms. The van der Waals surface area contributed by atoms with Gasteiger partial charge in [-0.25, -0.2) is 0 Å². The molecule has 248 valence electrons. The average molecular weight is 704 g/mol. The lowest BCUT2D eigenvalue weighted by Crippen LogP contribution is -2.75. The smallest absolute Gasteiger partial charge is 0.391 e. The van der Waals surface area contributed by atoms with E-state index in [0.29, 0.717) is 23.3 Å². The van der Waals surface area contributed by atoms with Gasteiger partial charge in [0.1, 0.15) is 0 Å². The van der Waals surface area contributed by atoms with Crippen molar-refractivity contribution in [2.45, 2.75) is 47.0 Å². The van der Waals surface area contributed by atoms with Crippen LogP contribution < -0.4 is 4.18 Å². The minimum Gasteiger partial charge on any atom is -0.391 e. The molecule has 4 nitrogen and oxygen atoms in total. The molecule has 0 bridgehead atoms. The number of hydrogen-bond donors (Lipinski definition) is 0. The van der Waals surface area contributed by atoms with Crippen LogP contribution in [-0.2, 0) is 13.7 Å². The first-order valence-electron chi connectivity index (χ1n) is 10.3. The van der Waals surface area contributed by atoms with Gasteiger partial charge < -0.3 is 4.18 Å². The van der Waals surface area contributed by atoms with E-state index in [1.807, 2.05) is 0 Å². The summed E-state index contributed by atoms with van der Waals surface area (Å²) < 4.78 is 261. The molecule has 0 unspecified atom stereocenters. The van der Waals surface area contributed by atoms with Gasteiger partial charge in [0.15, 0.2) is 5.75 Å². The van der Waals surface area contributed by atoms with Crippen molar-refractivity contribution in [2.24, 2.45) is 0 Å². The lowest BCUT2D eigenvalue weighted by molar-refractivity contribution is -0.458. The van der Waals surface area contributed by atoms with Gasteiger partial charge in [0.2, 0.25) is 0 Å². The third kappa shape index (κ3) is 5.52. The molecule has 0 aliphatic heterocycles. The van der Waals surface area contributed by atoms with Crippen molar-refractivity contribution < 1.29 is 90.9 Å². The van der Waals surface area contributed by atoms with Crippen molar-refractivity contribution in [3.8, 4) is 5.75 Å². The van der Waals surface area contributed by atoms with E-state index in [0.717, 1.165) is 12.1 Å². The van der Waals surface area contributed by atoms with Gasteiger partial charge in [-0.15, -0.1) is 14.2 Å². The number of rotatable bonds is 11. The van der Waals surface area contributed by atoms with Crippen molar-refractivity contribution in [1.29, 1.82) is 0 Å². The Labute approximate surface area is 230 Å². The van der Waals surface area contributed by atoms with Crippen LogP contribution in [0.25, 0.3) is 10.8 Å². The van der Waals surface area contributed by atoms with E-state index in [9.17, 15) is 83.1 Å². The fraction of sp³-hybridized carbons (Fsp3) is 0.500. The van der Waals surface area contributed by atoms with Gasteiger partial charge in [0.05, 0.1) is 0 Å². The zero-order chi connectivity index (χ0) is 34.1. The predicted molar refractivity (Wildman–Crippen MR) is 115 cm³/mol. The van der Waals surface area contributed by atoms with Crippen LogP contribution in [0, 0.1) is 0 Å². The molecule has 0 saturated heterocycles. The fourth-order valence-corrected chi connectivity index (χ4v) is 6.22. The van der Waals surface area contributed by atoms with E-state index in [-0.39, 0.29) is 0 Å². The van der Waals surface area contributed by atoms with E-state index in [1.165, 1.54) is 24.3 Å². The molecule has 0 heterocycles. The van der Waals surface area contributed by atoms with Crippen LogP contribution in [0.3, 0.4) is 0 Å². The zero-order valence-corrected chi connectivity index (χ0v) is 22.0. The number of hydrogen-bond acceptors (Lipinski definition) is 4. The second kappa shape index (κ2) is 10.3. The van der Waals surface area contributed by atoms with Crippen LogP contribution in [0.15, 0.2) is 42.5 Å². The predicted octanol–water partition coefficient (Wildman–Crippen LogP) is 8.43. The summed E-state index contributed by atoms with van der Waals surface area (Å²) in [5.41, 5.74) is 0. The minimum absolute atomic E-state index is 0.325. The van der Waals surface area contributed by atoms with Crippen LogP contribution in [0.4, 0.5) is 74.6 Å². The highest BCUT2D eigenvalue weighted by molar-refractivity contribution is 8.28. The van der Waals surface area contributed by atoms with Gasteiger partial charge in [-0.05, 0) is 22.9 Å². The molecule has 0 aromatic heterocycles. The SMILES string of the molecule is CS(C)(Oc1ccc2ccccc2c1)OS(=O)(=O)C(F)(F)C(F)(F)C(F)(F)C(F)(F)C(F)(F)C(F)(F)C(F)(F)C(F)(F)F. The van der Waals surface area contributed by atoms with Crippen molar-refractivity contribution in [3.63, 3.8) is 0 Å². The first-order valence-corrected chi connectivity index (χ1v) is 14.0. The second-order valence-corrected chi connectivity index (χ2v) is 13.1. The summed E-state index contributed by atoms with van der Waals surface area (Å²) in [6.07, 6.45) is -7.06. The lowest BCUT2D eigenvalue weighted by atomic mass is 9.91. The first kappa shape index (κ1) is 36.8. The normalized spacial score (nSPS) is 16.0. The van der Waals surface area contributed by atoms with Crippen molar-refractivity contribution >= 4 is 31.5 Å². The van der Waals surface area contributed by atoms with E-state index in [4.69, 9.17) is 4.18 Å². The molecule has 2 aromatic rings. The fourth-order valence-electron chi connectivity index (χ4n) is 3.03. The van der Waals surface area contributed by atoms with Crippen LogP contribution in [0.2, 0.25) is 0 Å². The monoisotopic (exact) mass is 704 g/mol. The molecule has 0 amide bonds. The van der Waals surface area contributed by atoms with E-state index < -0.39 is 73.4 Å². The maximum absolute atomic E-state index is 14.3.